The van der Waals surface area contributed by atoms with Gasteiger partial charge in [-0.15, -0.1) is 0 Å². The summed E-state index contributed by atoms with van der Waals surface area (Å²) in [7, 11) is 0. The smallest absolute Gasteiger partial charge is 0.239 e. The lowest BCUT2D eigenvalue weighted by Gasteiger charge is -2.37. The predicted octanol–water partition coefficient (Wildman–Crippen LogP) is 4.06. The Bertz CT molecular complexity index is 1030. The number of carbonyl (C=O) groups is 1. The van der Waals surface area contributed by atoms with E-state index in [1.54, 1.807) is 12.4 Å². The Hall–Kier alpha value is -2.64. The molecule has 0 spiro atoms. The van der Waals surface area contributed by atoms with Crippen molar-refractivity contribution in [3.8, 4) is 22.4 Å². The number of likely N-dealkylation sites (tertiary alicyclic amines) is 1. The van der Waals surface area contributed by atoms with Gasteiger partial charge in [-0.1, -0.05) is 0 Å². The van der Waals surface area contributed by atoms with E-state index in [0.717, 1.165) is 61.3 Å². The highest BCUT2D eigenvalue weighted by Gasteiger charge is 2.32. The molecule has 0 aliphatic carbocycles. The molecular weight excluding hydrogens is 411 g/mol. The molecule has 31 heavy (non-hydrogen) atoms. The van der Waals surface area contributed by atoms with Crippen molar-refractivity contribution >= 4 is 19.4 Å². The molecule has 4 heterocycles. The summed E-state index contributed by atoms with van der Waals surface area (Å²) in [5.41, 5.74) is 5.30. The molecule has 2 aliphatic heterocycles. The number of halogens is 1. The van der Waals surface area contributed by atoms with Crippen molar-refractivity contribution < 1.29 is 9.18 Å². The maximum Gasteiger partial charge on any atom is 0.239 e. The maximum absolute atomic E-state index is 13.5. The van der Waals surface area contributed by atoms with Gasteiger partial charge in [0.25, 0.3) is 0 Å². The summed E-state index contributed by atoms with van der Waals surface area (Å²) in [6, 6.07) is 12.8. The molecule has 5 nitrogen and oxygen atoms in total. The molecule has 7 heteroatoms. The van der Waals surface area contributed by atoms with Gasteiger partial charge in [-0.3, -0.25) is 9.78 Å². The maximum atomic E-state index is 13.5. The summed E-state index contributed by atoms with van der Waals surface area (Å²) in [5.74, 6) is 0.378. The van der Waals surface area contributed by atoms with Crippen molar-refractivity contribution in [1.82, 2.24) is 20.2 Å². The molecule has 1 atom stereocenters. The standard InChI is InChI=1S/C24H25FN4O.H2S/c25-19-3-1-18(2-4-19)23-20(16-5-10-26-11-6-16)15-22(28-23)17-8-13-29(14-9-17)24(30)21-7-12-27-21;/h1-6,10-11,15,17,21,27-28H,7-9,12-14H2;1H2/t21-;/m0./s1. The lowest BCUT2D eigenvalue weighted by Crippen LogP contribution is -2.55. The summed E-state index contributed by atoms with van der Waals surface area (Å²) in [6.45, 7) is 2.52. The van der Waals surface area contributed by atoms with E-state index in [4.69, 9.17) is 0 Å². The first-order valence-electron chi connectivity index (χ1n) is 10.6. The van der Waals surface area contributed by atoms with Gasteiger partial charge in [-0.05, 0) is 79.4 Å². The lowest BCUT2D eigenvalue weighted by atomic mass is 9.92. The van der Waals surface area contributed by atoms with Crippen molar-refractivity contribution in [2.24, 2.45) is 0 Å². The number of hydrogen-bond acceptors (Lipinski definition) is 3. The van der Waals surface area contributed by atoms with Crippen molar-refractivity contribution in [1.29, 1.82) is 0 Å². The topological polar surface area (TPSA) is 61.0 Å². The normalized spacial score (nSPS) is 18.9. The Morgan fingerprint density at radius 1 is 1.00 bits per heavy atom. The highest BCUT2D eigenvalue weighted by Crippen LogP contribution is 2.37. The van der Waals surface area contributed by atoms with Gasteiger partial charge in [0.1, 0.15) is 5.82 Å². The van der Waals surface area contributed by atoms with Gasteiger partial charge in [-0.2, -0.15) is 13.5 Å². The minimum atomic E-state index is -0.242. The van der Waals surface area contributed by atoms with Crippen LogP contribution in [0.5, 0.6) is 0 Å². The minimum absolute atomic E-state index is 0. The monoisotopic (exact) mass is 438 g/mol. The van der Waals surface area contributed by atoms with Crippen molar-refractivity contribution in [3.05, 3.63) is 66.4 Å². The van der Waals surface area contributed by atoms with Crippen LogP contribution in [0.3, 0.4) is 0 Å². The van der Waals surface area contributed by atoms with E-state index in [0.29, 0.717) is 5.92 Å². The van der Waals surface area contributed by atoms with E-state index in [-0.39, 0.29) is 31.3 Å². The second-order valence-electron chi connectivity index (χ2n) is 8.15. The molecule has 2 N–H and O–H groups in total. The molecule has 0 bridgehead atoms. The summed E-state index contributed by atoms with van der Waals surface area (Å²) in [4.78, 5) is 22.2. The number of amides is 1. The summed E-state index contributed by atoms with van der Waals surface area (Å²) < 4.78 is 13.5. The molecule has 1 aromatic carbocycles. The van der Waals surface area contributed by atoms with Gasteiger partial charge in [0.15, 0.2) is 0 Å². The number of benzene rings is 1. The van der Waals surface area contributed by atoms with Crippen LogP contribution in [-0.2, 0) is 4.79 Å². The lowest BCUT2D eigenvalue weighted by molar-refractivity contribution is -0.136. The van der Waals surface area contributed by atoms with Gasteiger partial charge >= 0.3 is 0 Å². The Labute approximate surface area is 188 Å². The minimum Gasteiger partial charge on any atom is -0.358 e. The fraction of sp³-hybridized carbons (Fsp3) is 0.333. The SMILES string of the molecule is O=C([C@@H]1CCN1)N1CCC(c2cc(-c3ccncc3)c(-c3ccc(F)cc3)[nH]2)CC1.S. The quantitative estimate of drug-likeness (QED) is 0.646. The number of hydrogen-bond donors (Lipinski definition) is 2. The van der Waals surface area contributed by atoms with Crippen LogP contribution < -0.4 is 5.32 Å². The van der Waals surface area contributed by atoms with E-state index < -0.39 is 0 Å². The fourth-order valence-electron chi connectivity index (χ4n) is 4.43. The first-order chi connectivity index (χ1) is 14.7. The third-order valence-corrected chi connectivity index (χ3v) is 6.33. The zero-order valence-corrected chi connectivity index (χ0v) is 18.3. The van der Waals surface area contributed by atoms with Crippen LogP contribution >= 0.6 is 13.5 Å². The third kappa shape index (κ3) is 4.38. The van der Waals surface area contributed by atoms with E-state index in [1.165, 1.54) is 17.8 Å². The Morgan fingerprint density at radius 3 is 2.29 bits per heavy atom. The van der Waals surface area contributed by atoms with Crippen molar-refractivity contribution in [3.63, 3.8) is 0 Å². The molecule has 2 aromatic heterocycles. The van der Waals surface area contributed by atoms with Crippen molar-refractivity contribution in [2.75, 3.05) is 19.6 Å². The van der Waals surface area contributed by atoms with Crippen LogP contribution in [0.15, 0.2) is 54.9 Å². The molecule has 2 aliphatic rings. The van der Waals surface area contributed by atoms with Crippen LogP contribution in [-0.4, -0.2) is 46.5 Å². The zero-order valence-electron chi connectivity index (χ0n) is 17.3. The van der Waals surface area contributed by atoms with Gasteiger partial charge in [-0.25, -0.2) is 4.39 Å². The van der Waals surface area contributed by atoms with Crippen LogP contribution in [0.25, 0.3) is 22.4 Å². The first kappa shape index (κ1) is 21.6. The van der Waals surface area contributed by atoms with Gasteiger partial charge < -0.3 is 15.2 Å². The van der Waals surface area contributed by atoms with E-state index in [1.807, 2.05) is 29.2 Å². The first-order valence-corrected chi connectivity index (χ1v) is 10.6. The second-order valence-corrected chi connectivity index (χ2v) is 8.15. The number of rotatable bonds is 4. The zero-order chi connectivity index (χ0) is 20.5. The van der Waals surface area contributed by atoms with E-state index in [2.05, 4.69) is 21.4 Å². The molecule has 1 amide bonds. The molecule has 3 aromatic rings. The molecule has 2 fully saturated rings. The Balaban J connectivity index is 0.00000231. The highest BCUT2D eigenvalue weighted by molar-refractivity contribution is 7.59. The van der Waals surface area contributed by atoms with Gasteiger partial charge in [0.05, 0.1) is 11.7 Å². The van der Waals surface area contributed by atoms with Crippen molar-refractivity contribution in [2.45, 2.75) is 31.2 Å². The number of pyridine rings is 1. The number of nitrogens with one attached hydrogen (secondary N) is 2. The number of aromatic nitrogens is 2. The molecule has 2 saturated heterocycles. The largest absolute Gasteiger partial charge is 0.358 e. The number of nitrogens with zero attached hydrogens (tertiary/aromatic N) is 2. The number of H-pyrrole nitrogens is 1. The summed E-state index contributed by atoms with van der Waals surface area (Å²) >= 11 is 0. The van der Waals surface area contributed by atoms with E-state index >= 15 is 0 Å². The fourth-order valence-corrected chi connectivity index (χ4v) is 4.43. The van der Waals surface area contributed by atoms with Crippen LogP contribution in [0.1, 0.15) is 30.9 Å². The van der Waals surface area contributed by atoms with Crippen LogP contribution in [0.2, 0.25) is 0 Å². The Morgan fingerprint density at radius 2 is 1.68 bits per heavy atom. The second kappa shape index (κ2) is 9.24. The highest BCUT2D eigenvalue weighted by atomic mass is 32.1. The molecule has 0 radical (unpaired) electrons. The molecular formula is C24H27FN4OS. The predicted molar refractivity (Wildman–Crippen MR) is 125 cm³/mol. The third-order valence-electron chi connectivity index (χ3n) is 6.33. The van der Waals surface area contributed by atoms with Gasteiger partial charge in [0.2, 0.25) is 5.91 Å². The summed E-state index contributed by atoms with van der Waals surface area (Å²) in [5, 5.41) is 3.21. The molecule has 0 unspecified atom stereocenters. The average Bonchev–Trinajstić information content (AvgIpc) is 3.19. The number of carbonyl (C=O) groups excluding carboxylic acids is 1. The molecule has 162 valence electrons. The summed E-state index contributed by atoms with van der Waals surface area (Å²) in [6.07, 6.45) is 6.41. The van der Waals surface area contributed by atoms with Gasteiger partial charge in [0, 0.05) is 42.7 Å². The average molecular weight is 439 g/mol. The Kier molecular flexibility index (Phi) is 6.43. The molecule has 5 rings (SSSR count). The van der Waals surface area contributed by atoms with Crippen LogP contribution in [0.4, 0.5) is 4.39 Å². The van der Waals surface area contributed by atoms with E-state index in [9.17, 15) is 9.18 Å². The van der Waals surface area contributed by atoms with Crippen LogP contribution in [0, 0.1) is 5.82 Å². The number of aromatic amines is 1. The molecule has 0 saturated carbocycles. The number of piperidine rings is 1.